The van der Waals surface area contributed by atoms with Crippen molar-refractivity contribution in [2.45, 2.75) is 6.42 Å². The lowest BCUT2D eigenvalue weighted by atomic mass is 10.3. The minimum absolute atomic E-state index is 0.397. The number of carbonyl (C=O) groups is 2. The Morgan fingerprint density at radius 1 is 1.14 bits per heavy atom. The fourth-order valence-corrected chi connectivity index (χ4v) is 0.912. The highest BCUT2D eigenvalue weighted by molar-refractivity contribution is 6.03. The van der Waals surface area contributed by atoms with Crippen LogP contribution in [0.2, 0.25) is 0 Å². The lowest BCUT2D eigenvalue weighted by molar-refractivity contribution is -0.132. The number of rotatable bonds is 3. The summed E-state index contributed by atoms with van der Waals surface area (Å²) in [5.74, 6) is -1.21. The van der Waals surface area contributed by atoms with Crippen molar-refractivity contribution in [3.63, 3.8) is 0 Å². The van der Waals surface area contributed by atoms with E-state index in [0.717, 1.165) is 0 Å². The third-order valence-corrected chi connectivity index (χ3v) is 1.50. The summed E-state index contributed by atoms with van der Waals surface area (Å²) in [6.07, 6.45) is -0.397. The molecule has 0 heterocycles. The zero-order valence-electron chi connectivity index (χ0n) is 7.36. The van der Waals surface area contributed by atoms with Crippen molar-refractivity contribution in [3.05, 3.63) is 30.3 Å². The van der Waals surface area contributed by atoms with Crippen LogP contribution in [0.5, 0.6) is 0 Å². The summed E-state index contributed by atoms with van der Waals surface area (Å²) in [5, 5.41) is 10.7. The molecule has 5 heteroatoms. The number of carbonyl (C=O) groups excluding carboxylic acids is 2. The van der Waals surface area contributed by atoms with E-state index < -0.39 is 18.2 Å². The summed E-state index contributed by atoms with van der Waals surface area (Å²) in [5.41, 5.74) is 2.00. The average Bonchev–Trinajstić information content (AvgIpc) is 2.19. The largest absolute Gasteiger partial charge is 0.326 e. The van der Waals surface area contributed by atoms with Crippen molar-refractivity contribution < 1.29 is 14.8 Å². The number of hydrogen-bond donors (Lipinski definition) is 3. The lowest BCUT2D eigenvalue weighted by Gasteiger charge is -2.03. The van der Waals surface area contributed by atoms with Gasteiger partial charge in [0.05, 0.1) is 0 Å². The monoisotopic (exact) mass is 194 g/mol. The average molecular weight is 194 g/mol. The van der Waals surface area contributed by atoms with Gasteiger partial charge < -0.3 is 5.32 Å². The first-order valence-electron chi connectivity index (χ1n) is 4.00. The summed E-state index contributed by atoms with van der Waals surface area (Å²) in [6.45, 7) is 0. The van der Waals surface area contributed by atoms with E-state index in [9.17, 15) is 9.59 Å². The van der Waals surface area contributed by atoms with Crippen molar-refractivity contribution in [1.29, 1.82) is 0 Å². The maximum atomic E-state index is 11.1. The molecule has 1 aromatic carbocycles. The molecule has 0 aliphatic rings. The van der Waals surface area contributed by atoms with Crippen LogP contribution in [-0.2, 0) is 9.59 Å². The molecule has 74 valence electrons. The second kappa shape index (κ2) is 4.98. The van der Waals surface area contributed by atoms with Crippen molar-refractivity contribution in [1.82, 2.24) is 5.48 Å². The highest BCUT2D eigenvalue weighted by Gasteiger charge is 2.07. The molecular weight excluding hydrogens is 184 g/mol. The highest BCUT2D eigenvalue weighted by atomic mass is 16.5. The van der Waals surface area contributed by atoms with Crippen LogP contribution in [0.15, 0.2) is 30.3 Å². The smallest absolute Gasteiger partial charge is 0.252 e. The van der Waals surface area contributed by atoms with Crippen LogP contribution in [0.3, 0.4) is 0 Å². The zero-order valence-corrected chi connectivity index (χ0v) is 7.36. The molecule has 1 rings (SSSR count). The molecule has 0 atom stereocenters. The molecule has 2 amide bonds. The molecule has 0 aliphatic heterocycles. The second-order valence-corrected chi connectivity index (χ2v) is 2.63. The summed E-state index contributed by atoms with van der Waals surface area (Å²) in [7, 11) is 0. The third kappa shape index (κ3) is 3.24. The molecule has 0 unspecified atom stereocenters. The predicted octanol–water partition coefficient (Wildman–Crippen LogP) is 0.521. The number of benzene rings is 1. The Hall–Kier alpha value is -1.88. The number of amides is 2. The van der Waals surface area contributed by atoms with Crippen LogP contribution in [-0.4, -0.2) is 17.0 Å². The van der Waals surface area contributed by atoms with Gasteiger partial charge in [0, 0.05) is 5.69 Å². The minimum Gasteiger partial charge on any atom is -0.326 e. The topological polar surface area (TPSA) is 78.4 Å². The molecular formula is C9H10N2O3. The fourth-order valence-electron chi connectivity index (χ4n) is 0.912. The molecule has 0 aliphatic carbocycles. The second-order valence-electron chi connectivity index (χ2n) is 2.63. The molecule has 0 spiro atoms. The van der Waals surface area contributed by atoms with E-state index in [-0.39, 0.29) is 0 Å². The quantitative estimate of drug-likeness (QED) is 0.373. The SMILES string of the molecule is O=C(CC(=O)Nc1ccccc1)NO. The van der Waals surface area contributed by atoms with Gasteiger partial charge in [0.2, 0.25) is 5.91 Å². The van der Waals surface area contributed by atoms with E-state index in [2.05, 4.69) is 5.32 Å². The van der Waals surface area contributed by atoms with Gasteiger partial charge in [0.25, 0.3) is 5.91 Å². The van der Waals surface area contributed by atoms with Gasteiger partial charge in [-0.1, -0.05) is 18.2 Å². The van der Waals surface area contributed by atoms with E-state index in [1.54, 1.807) is 24.3 Å². The van der Waals surface area contributed by atoms with E-state index in [1.807, 2.05) is 6.07 Å². The maximum absolute atomic E-state index is 11.1. The molecule has 0 saturated carbocycles. The Morgan fingerprint density at radius 2 is 1.79 bits per heavy atom. The summed E-state index contributed by atoms with van der Waals surface area (Å²) in [4.78, 5) is 21.7. The van der Waals surface area contributed by atoms with Crippen LogP contribution in [0, 0.1) is 0 Å². The van der Waals surface area contributed by atoms with Gasteiger partial charge in [-0.2, -0.15) is 0 Å². The van der Waals surface area contributed by atoms with Gasteiger partial charge in [-0.15, -0.1) is 0 Å². The summed E-state index contributed by atoms with van der Waals surface area (Å²) in [6, 6.07) is 8.75. The minimum atomic E-state index is -0.738. The molecule has 0 radical (unpaired) electrons. The normalized spacial score (nSPS) is 9.21. The Kier molecular flexibility index (Phi) is 3.63. The number of nitrogens with one attached hydrogen (secondary N) is 2. The number of hydroxylamine groups is 1. The first-order valence-corrected chi connectivity index (χ1v) is 4.00. The van der Waals surface area contributed by atoms with Crippen LogP contribution in [0.4, 0.5) is 5.69 Å². The first kappa shape index (κ1) is 10.2. The molecule has 5 nitrogen and oxygen atoms in total. The van der Waals surface area contributed by atoms with Crippen LogP contribution in [0.25, 0.3) is 0 Å². The Balaban J connectivity index is 2.46. The Bertz CT molecular complexity index is 324. The van der Waals surface area contributed by atoms with Gasteiger partial charge >= 0.3 is 0 Å². The predicted molar refractivity (Wildman–Crippen MR) is 49.6 cm³/mol. The van der Waals surface area contributed by atoms with Gasteiger partial charge in [0.1, 0.15) is 6.42 Å². The van der Waals surface area contributed by atoms with Gasteiger partial charge in [-0.25, -0.2) is 5.48 Å². The standard InChI is InChI=1S/C9H10N2O3/c12-8(6-9(13)11-14)10-7-4-2-1-3-5-7/h1-5,14H,6H2,(H,10,12)(H,11,13). The lowest BCUT2D eigenvalue weighted by Crippen LogP contribution is -2.25. The van der Waals surface area contributed by atoms with Crippen molar-refractivity contribution in [2.75, 3.05) is 5.32 Å². The molecule has 0 fully saturated rings. The molecule has 3 N–H and O–H groups in total. The highest BCUT2D eigenvalue weighted by Crippen LogP contribution is 2.04. The third-order valence-electron chi connectivity index (χ3n) is 1.50. The van der Waals surface area contributed by atoms with Crippen molar-refractivity contribution in [2.24, 2.45) is 0 Å². The molecule has 0 saturated heterocycles. The number of anilines is 1. The number of hydrogen-bond acceptors (Lipinski definition) is 3. The van der Waals surface area contributed by atoms with E-state index >= 15 is 0 Å². The first-order chi connectivity index (χ1) is 6.72. The summed E-state index contributed by atoms with van der Waals surface area (Å²) < 4.78 is 0. The van der Waals surface area contributed by atoms with E-state index in [0.29, 0.717) is 5.69 Å². The molecule has 0 bridgehead atoms. The van der Waals surface area contributed by atoms with Crippen LogP contribution >= 0.6 is 0 Å². The van der Waals surface area contributed by atoms with Crippen LogP contribution < -0.4 is 10.8 Å². The van der Waals surface area contributed by atoms with Gasteiger partial charge in [-0.3, -0.25) is 14.8 Å². The zero-order chi connectivity index (χ0) is 10.4. The Labute approximate surface area is 80.7 Å². The molecule has 0 aromatic heterocycles. The maximum Gasteiger partial charge on any atom is 0.252 e. The van der Waals surface area contributed by atoms with Crippen molar-refractivity contribution >= 4 is 17.5 Å². The van der Waals surface area contributed by atoms with E-state index in [1.165, 1.54) is 5.48 Å². The summed E-state index contributed by atoms with van der Waals surface area (Å²) >= 11 is 0. The fraction of sp³-hybridized carbons (Fsp3) is 0.111. The van der Waals surface area contributed by atoms with Crippen LogP contribution in [0.1, 0.15) is 6.42 Å². The van der Waals surface area contributed by atoms with Crippen molar-refractivity contribution in [3.8, 4) is 0 Å². The molecule has 1 aromatic rings. The van der Waals surface area contributed by atoms with E-state index in [4.69, 9.17) is 5.21 Å². The van der Waals surface area contributed by atoms with Gasteiger partial charge in [0.15, 0.2) is 0 Å². The van der Waals surface area contributed by atoms with Gasteiger partial charge in [-0.05, 0) is 12.1 Å². The Morgan fingerprint density at radius 3 is 2.36 bits per heavy atom. The number of para-hydroxylation sites is 1. The molecule has 14 heavy (non-hydrogen) atoms.